The van der Waals surface area contributed by atoms with Crippen LogP contribution in [0.5, 0.6) is 0 Å². The van der Waals surface area contributed by atoms with Crippen molar-refractivity contribution in [1.29, 1.82) is 0 Å². The third-order valence-electron chi connectivity index (χ3n) is 3.18. The Labute approximate surface area is 139 Å². The zero-order valence-corrected chi connectivity index (χ0v) is 15.0. The molecule has 2 heterocycles. The molecule has 0 radical (unpaired) electrons. The maximum Gasteiger partial charge on any atom is 0.236 e. The summed E-state index contributed by atoms with van der Waals surface area (Å²) in [6.45, 7) is 5.81. The van der Waals surface area contributed by atoms with Crippen molar-refractivity contribution in [2.24, 2.45) is 4.99 Å². The number of nitrogens with one attached hydrogen (secondary N) is 2. The van der Waals surface area contributed by atoms with E-state index in [-0.39, 0.29) is 4.75 Å². The third kappa shape index (κ3) is 4.78. The molecule has 0 aromatic carbocycles. The van der Waals surface area contributed by atoms with Crippen LogP contribution in [0, 0.1) is 0 Å². The van der Waals surface area contributed by atoms with Crippen LogP contribution in [0.3, 0.4) is 0 Å². The Hall–Kier alpha value is -1.47. The monoisotopic (exact) mass is 338 g/mol. The molecule has 0 saturated carbocycles. The van der Waals surface area contributed by atoms with Crippen LogP contribution in [0.15, 0.2) is 33.2 Å². The minimum absolute atomic E-state index is 0.165. The van der Waals surface area contributed by atoms with E-state index in [1.165, 1.54) is 0 Å². The summed E-state index contributed by atoms with van der Waals surface area (Å²) in [7, 11) is 1.77. The van der Waals surface area contributed by atoms with Crippen LogP contribution in [0.1, 0.15) is 19.5 Å². The molecule has 0 bridgehead atoms. The Balaban J connectivity index is 1.86. The highest BCUT2D eigenvalue weighted by atomic mass is 32.2. The summed E-state index contributed by atoms with van der Waals surface area (Å²) in [6.07, 6.45) is 3.79. The minimum atomic E-state index is 0.165. The summed E-state index contributed by atoms with van der Waals surface area (Å²) in [5.41, 5.74) is 0.857. The van der Waals surface area contributed by atoms with Crippen LogP contribution >= 0.6 is 23.1 Å². The lowest BCUT2D eigenvalue weighted by Crippen LogP contribution is -2.43. The molecule has 0 spiro atoms. The average Bonchev–Trinajstić information content (AvgIpc) is 3.18. The number of oxazole rings is 1. The predicted octanol–water partition coefficient (Wildman–Crippen LogP) is 3.21. The number of nitrogens with zero attached hydrogens (tertiary/aromatic N) is 2. The second-order valence-corrected chi connectivity index (χ2v) is 7.83. The van der Waals surface area contributed by atoms with Crippen LogP contribution in [-0.4, -0.2) is 35.5 Å². The molecule has 2 aromatic rings. The molecule has 0 unspecified atom stereocenters. The molecular weight excluding hydrogens is 316 g/mol. The van der Waals surface area contributed by atoms with E-state index in [1.807, 2.05) is 29.3 Å². The zero-order chi connectivity index (χ0) is 16.0. The van der Waals surface area contributed by atoms with Crippen molar-refractivity contribution in [1.82, 2.24) is 15.6 Å². The fourth-order valence-electron chi connectivity index (χ4n) is 1.67. The van der Waals surface area contributed by atoms with Crippen LogP contribution in [0.25, 0.3) is 10.8 Å². The Morgan fingerprint density at radius 1 is 1.45 bits per heavy atom. The van der Waals surface area contributed by atoms with E-state index in [1.54, 1.807) is 24.6 Å². The lowest BCUT2D eigenvalue weighted by Gasteiger charge is -2.23. The molecule has 0 atom stereocenters. The smallest absolute Gasteiger partial charge is 0.236 e. The van der Waals surface area contributed by atoms with Crippen molar-refractivity contribution in [3.63, 3.8) is 0 Å². The van der Waals surface area contributed by atoms with Gasteiger partial charge in [-0.05, 0) is 31.5 Å². The maximum atomic E-state index is 5.50. The van der Waals surface area contributed by atoms with E-state index >= 15 is 0 Å². The first-order valence-corrected chi connectivity index (χ1v) is 9.12. The number of hydrogen-bond donors (Lipinski definition) is 2. The lowest BCUT2D eigenvalue weighted by molar-refractivity contribution is 0.573. The summed E-state index contributed by atoms with van der Waals surface area (Å²) in [6, 6.07) is 3.99. The lowest BCUT2D eigenvalue weighted by atomic mass is 10.2. The van der Waals surface area contributed by atoms with E-state index in [2.05, 4.69) is 40.7 Å². The van der Waals surface area contributed by atoms with Crippen molar-refractivity contribution in [3.8, 4) is 10.8 Å². The molecule has 0 fully saturated rings. The van der Waals surface area contributed by atoms with E-state index in [4.69, 9.17) is 4.42 Å². The van der Waals surface area contributed by atoms with Gasteiger partial charge in [0.15, 0.2) is 5.96 Å². The number of thiophene rings is 1. The van der Waals surface area contributed by atoms with E-state index < -0.39 is 0 Å². The molecule has 22 heavy (non-hydrogen) atoms. The molecular formula is C15H22N4OS2. The summed E-state index contributed by atoms with van der Waals surface area (Å²) in [4.78, 5) is 9.74. The van der Waals surface area contributed by atoms with Gasteiger partial charge in [0.1, 0.15) is 6.26 Å². The van der Waals surface area contributed by atoms with Gasteiger partial charge in [-0.3, -0.25) is 4.99 Å². The van der Waals surface area contributed by atoms with Crippen molar-refractivity contribution in [3.05, 3.63) is 29.5 Å². The quantitative estimate of drug-likeness (QED) is 0.625. The molecule has 7 heteroatoms. The fraction of sp³-hybridized carbons (Fsp3) is 0.467. The van der Waals surface area contributed by atoms with Crippen LogP contribution < -0.4 is 10.6 Å². The second kappa shape index (κ2) is 7.69. The van der Waals surface area contributed by atoms with Gasteiger partial charge in [0, 0.05) is 18.3 Å². The molecule has 0 aliphatic carbocycles. The Morgan fingerprint density at radius 2 is 2.27 bits per heavy atom. The van der Waals surface area contributed by atoms with Gasteiger partial charge in [-0.2, -0.15) is 11.8 Å². The predicted molar refractivity (Wildman–Crippen MR) is 95.6 cm³/mol. The van der Waals surface area contributed by atoms with Crippen molar-refractivity contribution < 1.29 is 4.42 Å². The van der Waals surface area contributed by atoms with Crippen molar-refractivity contribution in [2.45, 2.75) is 25.1 Å². The van der Waals surface area contributed by atoms with Crippen LogP contribution in [0.4, 0.5) is 0 Å². The third-order valence-corrected chi connectivity index (χ3v) is 5.29. The molecule has 0 aliphatic rings. The first-order valence-electron chi connectivity index (χ1n) is 7.02. The maximum absolute atomic E-state index is 5.50. The molecule has 5 nitrogen and oxygen atoms in total. The fourth-order valence-corrected chi connectivity index (χ4v) is 2.54. The zero-order valence-electron chi connectivity index (χ0n) is 13.3. The van der Waals surface area contributed by atoms with Crippen LogP contribution in [0.2, 0.25) is 0 Å². The minimum Gasteiger partial charge on any atom is -0.443 e. The van der Waals surface area contributed by atoms with Crippen molar-refractivity contribution in [2.75, 3.05) is 19.8 Å². The normalized spacial score (nSPS) is 12.5. The highest BCUT2D eigenvalue weighted by Crippen LogP contribution is 2.23. The topological polar surface area (TPSA) is 62.5 Å². The van der Waals surface area contributed by atoms with Gasteiger partial charge >= 0.3 is 0 Å². The summed E-state index contributed by atoms with van der Waals surface area (Å²) in [5, 5.41) is 8.59. The van der Waals surface area contributed by atoms with E-state index in [9.17, 15) is 0 Å². The molecule has 2 rings (SSSR count). The Morgan fingerprint density at radius 3 is 2.91 bits per heavy atom. The number of guanidine groups is 1. The van der Waals surface area contributed by atoms with Crippen LogP contribution in [-0.2, 0) is 6.54 Å². The number of hydrogen-bond acceptors (Lipinski definition) is 5. The Kier molecular flexibility index (Phi) is 5.90. The summed E-state index contributed by atoms with van der Waals surface area (Å²) in [5.74, 6) is 1.43. The van der Waals surface area contributed by atoms with Gasteiger partial charge in [0.25, 0.3) is 0 Å². The Bertz CT molecular complexity index is 605. The number of aromatic nitrogens is 1. The molecule has 0 aliphatic heterocycles. The number of aliphatic imine (C=N–C) groups is 1. The van der Waals surface area contributed by atoms with Gasteiger partial charge in [-0.15, -0.1) is 11.3 Å². The first-order chi connectivity index (χ1) is 10.5. The average molecular weight is 339 g/mol. The molecule has 0 amide bonds. The number of rotatable bonds is 6. The molecule has 120 valence electrons. The van der Waals surface area contributed by atoms with Gasteiger partial charge in [0.2, 0.25) is 5.89 Å². The van der Waals surface area contributed by atoms with Gasteiger partial charge < -0.3 is 15.1 Å². The summed E-state index contributed by atoms with van der Waals surface area (Å²) >= 11 is 3.44. The first kappa shape index (κ1) is 16.9. The van der Waals surface area contributed by atoms with E-state index in [0.29, 0.717) is 12.4 Å². The van der Waals surface area contributed by atoms with Crippen molar-refractivity contribution >= 4 is 29.1 Å². The van der Waals surface area contributed by atoms with E-state index in [0.717, 1.165) is 23.1 Å². The van der Waals surface area contributed by atoms with Gasteiger partial charge in [-0.25, -0.2) is 4.98 Å². The highest BCUT2D eigenvalue weighted by molar-refractivity contribution is 7.99. The summed E-state index contributed by atoms with van der Waals surface area (Å²) < 4.78 is 5.67. The number of thioether (sulfide) groups is 1. The standard InChI is InChI=1S/C15H22N4OS2/c1-15(2,21-4)10-18-14(16-3)17-8-11-9-20-13(19-11)12-6-5-7-22-12/h5-7,9H,8,10H2,1-4H3,(H2,16,17,18). The van der Waals surface area contributed by atoms with Gasteiger partial charge in [-0.1, -0.05) is 6.07 Å². The molecule has 2 N–H and O–H groups in total. The highest BCUT2D eigenvalue weighted by Gasteiger charge is 2.16. The molecule has 0 saturated heterocycles. The second-order valence-electron chi connectivity index (χ2n) is 5.36. The largest absolute Gasteiger partial charge is 0.443 e. The van der Waals surface area contributed by atoms with Gasteiger partial charge in [0.05, 0.1) is 17.1 Å². The SMILES string of the molecule is CN=C(NCc1coc(-c2cccs2)n1)NCC(C)(C)SC. The molecule has 2 aromatic heterocycles.